The Labute approximate surface area is 118 Å². The summed E-state index contributed by atoms with van der Waals surface area (Å²) in [5.74, 6) is 0. The number of likely N-dealkylation sites (N-methyl/N-ethyl adjacent to an activating group) is 1. The average molecular weight is 312 g/mol. The van der Waals surface area contributed by atoms with Crippen molar-refractivity contribution in [2.75, 3.05) is 38.6 Å². The minimum atomic E-state index is 0.178. The number of nitrogens with two attached hydrogens (primary N) is 1. The van der Waals surface area contributed by atoms with Crippen LogP contribution in [0.3, 0.4) is 0 Å². The van der Waals surface area contributed by atoms with Crippen molar-refractivity contribution in [1.82, 2.24) is 4.90 Å². The van der Waals surface area contributed by atoms with Crippen molar-refractivity contribution in [2.45, 2.75) is 18.4 Å². The van der Waals surface area contributed by atoms with Gasteiger partial charge in [-0.2, -0.15) is 0 Å². The molecule has 0 unspecified atom stereocenters. The van der Waals surface area contributed by atoms with Gasteiger partial charge in [0, 0.05) is 29.6 Å². The van der Waals surface area contributed by atoms with Gasteiger partial charge >= 0.3 is 0 Å². The van der Waals surface area contributed by atoms with E-state index in [4.69, 9.17) is 5.73 Å². The molecule has 3 nitrogen and oxygen atoms in total. The van der Waals surface area contributed by atoms with Crippen LogP contribution in [-0.4, -0.2) is 44.2 Å². The predicted molar refractivity (Wildman–Crippen MR) is 81.1 cm³/mol. The maximum Gasteiger partial charge on any atom is 0.0510 e. The summed E-state index contributed by atoms with van der Waals surface area (Å²) < 4.78 is 1.18. The van der Waals surface area contributed by atoms with E-state index in [0.717, 1.165) is 32.5 Å². The lowest BCUT2D eigenvalue weighted by molar-refractivity contribution is 0.125. The second-order valence-corrected chi connectivity index (χ2v) is 6.12. The Morgan fingerprint density at radius 1 is 1.28 bits per heavy atom. The number of piperidine rings is 1. The molecule has 0 aromatic heterocycles. The third-order valence-electron chi connectivity index (χ3n) is 4.22. The van der Waals surface area contributed by atoms with E-state index in [0.29, 0.717) is 0 Å². The van der Waals surface area contributed by atoms with Gasteiger partial charge in [-0.1, -0.05) is 12.1 Å². The molecule has 100 valence electrons. The van der Waals surface area contributed by atoms with E-state index in [1.54, 1.807) is 0 Å². The summed E-state index contributed by atoms with van der Waals surface area (Å²) in [6, 6.07) is 8.43. The third-order valence-corrected chi connectivity index (χ3v) is 4.89. The van der Waals surface area contributed by atoms with Crippen LogP contribution in [0.4, 0.5) is 5.69 Å². The standard InChI is InChI=1S/C14H22BrN3/c1-17(2)14(11-16)7-9-18(10-8-14)13-6-4-3-5-12(13)15/h3-6H,7-11,16H2,1-2H3. The largest absolute Gasteiger partial charge is 0.370 e. The molecule has 1 heterocycles. The van der Waals surface area contributed by atoms with Gasteiger partial charge in [0.25, 0.3) is 0 Å². The van der Waals surface area contributed by atoms with Crippen LogP contribution >= 0.6 is 15.9 Å². The number of benzene rings is 1. The van der Waals surface area contributed by atoms with Crippen LogP contribution in [0.25, 0.3) is 0 Å². The summed E-state index contributed by atoms with van der Waals surface area (Å²) in [6.07, 6.45) is 2.25. The van der Waals surface area contributed by atoms with Gasteiger partial charge in [-0.25, -0.2) is 0 Å². The van der Waals surface area contributed by atoms with Gasteiger partial charge in [0.2, 0.25) is 0 Å². The van der Waals surface area contributed by atoms with Crippen LogP contribution in [0.5, 0.6) is 0 Å². The molecule has 18 heavy (non-hydrogen) atoms. The van der Waals surface area contributed by atoms with Crippen LogP contribution in [0.15, 0.2) is 28.7 Å². The lowest BCUT2D eigenvalue weighted by Gasteiger charge is -2.46. The Bertz CT molecular complexity index is 398. The van der Waals surface area contributed by atoms with E-state index < -0.39 is 0 Å². The van der Waals surface area contributed by atoms with Crippen LogP contribution in [0.1, 0.15) is 12.8 Å². The minimum Gasteiger partial charge on any atom is -0.370 e. The molecule has 1 aliphatic heterocycles. The van der Waals surface area contributed by atoms with Gasteiger partial charge in [-0.05, 0) is 55.0 Å². The van der Waals surface area contributed by atoms with E-state index in [-0.39, 0.29) is 5.54 Å². The highest BCUT2D eigenvalue weighted by Gasteiger charge is 2.35. The second kappa shape index (κ2) is 5.59. The van der Waals surface area contributed by atoms with E-state index in [2.05, 4.69) is 64.1 Å². The first-order valence-corrected chi connectivity index (χ1v) is 7.25. The first-order valence-electron chi connectivity index (χ1n) is 6.46. The Morgan fingerprint density at radius 3 is 2.39 bits per heavy atom. The zero-order chi connectivity index (χ0) is 13.2. The molecule has 0 aliphatic carbocycles. The third kappa shape index (κ3) is 2.56. The molecule has 1 aliphatic rings. The fourth-order valence-electron chi connectivity index (χ4n) is 2.71. The summed E-state index contributed by atoms with van der Waals surface area (Å²) in [4.78, 5) is 4.74. The first-order chi connectivity index (χ1) is 8.59. The molecule has 2 N–H and O–H groups in total. The van der Waals surface area contributed by atoms with E-state index >= 15 is 0 Å². The molecule has 4 heteroatoms. The van der Waals surface area contributed by atoms with Crippen molar-refractivity contribution in [3.8, 4) is 0 Å². The normalized spacial score (nSPS) is 19.3. The zero-order valence-electron chi connectivity index (χ0n) is 11.2. The summed E-state index contributed by atoms with van der Waals surface area (Å²) >= 11 is 3.63. The van der Waals surface area contributed by atoms with Crippen LogP contribution in [-0.2, 0) is 0 Å². The molecule has 0 amide bonds. The van der Waals surface area contributed by atoms with Gasteiger partial charge < -0.3 is 15.5 Å². The highest BCUT2D eigenvalue weighted by Crippen LogP contribution is 2.32. The molecule has 0 radical (unpaired) electrons. The SMILES string of the molecule is CN(C)C1(CN)CCN(c2ccccc2Br)CC1. The number of hydrogen-bond acceptors (Lipinski definition) is 3. The summed E-state index contributed by atoms with van der Waals surface area (Å²) in [5, 5.41) is 0. The molecule has 0 bridgehead atoms. The van der Waals surface area contributed by atoms with Crippen LogP contribution < -0.4 is 10.6 Å². The van der Waals surface area contributed by atoms with E-state index in [9.17, 15) is 0 Å². The fraction of sp³-hybridized carbons (Fsp3) is 0.571. The van der Waals surface area contributed by atoms with Crippen molar-refractivity contribution in [1.29, 1.82) is 0 Å². The van der Waals surface area contributed by atoms with Crippen molar-refractivity contribution in [3.05, 3.63) is 28.7 Å². The van der Waals surface area contributed by atoms with Crippen molar-refractivity contribution in [3.63, 3.8) is 0 Å². The van der Waals surface area contributed by atoms with Crippen molar-refractivity contribution < 1.29 is 0 Å². The molecule has 1 aromatic rings. The molecule has 2 rings (SSSR count). The lowest BCUT2D eigenvalue weighted by Crippen LogP contribution is -2.57. The first kappa shape index (κ1) is 13.8. The number of rotatable bonds is 3. The van der Waals surface area contributed by atoms with Gasteiger partial charge in [0.1, 0.15) is 0 Å². The molecule has 1 saturated heterocycles. The number of halogens is 1. The molecular formula is C14H22BrN3. The summed E-state index contributed by atoms with van der Waals surface area (Å²) in [6.45, 7) is 2.87. The quantitative estimate of drug-likeness (QED) is 0.930. The minimum absolute atomic E-state index is 0.178. The van der Waals surface area contributed by atoms with Gasteiger partial charge in [-0.15, -0.1) is 0 Å². The molecule has 0 atom stereocenters. The second-order valence-electron chi connectivity index (χ2n) is 5.26. The van der Waals surface area contributed by atoms with E-state index in [1.807, 2.05) is 0 Å². The molecule has 1 fully saturated rings. The number of para-hydroxylation sites is 1. The zero-order valence-corrected chi connectivity index (χ0v) is 12.8. The van der Waals surface area contributed by atoms with Crippen molar-refractivity contribution >= 4 is 21.6 Å². The highest BCUT2D eigenvalue weighted by molar-refractivity contribution is 9.10. The number of nitrogens with zero attached hydrogens (tertiary/aromatic N) is 2. The molecule has 0 spiro atoms. The fourth-order valence-corrected chi connectivity index (χ4v) is 3.24. The average Bonchev–Trinajstić information content (AvgIpc) is 2.39. The molecule has 1 aromatic carbocycles. The summed E-state index contributed by atoms with van der Waals surface area (Å²) in [7, 11) is 4.28. The lowest BCUT2D eigenvalue weighted by atomic mass is 9.86. The van der Waals surface area contributed by atoms with Gasteiger partial charge in [0.15, 0.2) is 0 Å². The van der Waals surface area contributed by atoms with Gasteiger partial charge in [-0.3, -0.25) is 0 Å². The Hall–Kier alpha value is -0.580. The maximum absolute atomic E-state index is 5.98. The monoisotopic (exact) mass is 311 g/mol. The van der Waals surface area contributed by atoms with Crippen molar-refractivity contribution in [2.24, 2.45) is 5.73 Å². The van der Waals surface area contributed by atoms with Crippen LogP contribution in [0, 0.1) is 0 Å². The number of anilines is 1. The Morgan fingerprint density at radius 2 is 1.89 bits per heavy atom. The number of hydrogen-bond donors (Lipinski definition) is 1. The Kier molecular flexibility index (Phi) is 4.30. The Balaban J connectivity index is 2.09. The summed E-state index contributed by atoms with van der Waals surface area (Å²) in [5.41, 5.74) is 7.46. The van der Waals surface area contributed by atoms with E-state index in [1.165, 1.54) is 10.2 Å². The predicted octanol–water partition coefficient (Wildman–Crippen LogP) is 2.31. The van der Waals surface area contributed by atoms with Gasteiger partial charge in [0.05, 0.1) is 5.69 Å². The molecule has 0 saturated carbocycles. The topological polar surface area (TPSA) is 32.5 Å². The smallest absolute Gasteiger partial charge is 0.0510 e. The van der Waals surface area contributed by atoms with Crippen LogP contribution in [0.2, 0.25) is 0 Å². The maximum atomic E-state index is 5.98. The molecular weight excluding hydrogens is 290 g/mol. The highest BCUT2D eigenvalue weighted by atomic mass is 79.9.